The molecule has 1 aliphatic heterocycles. The summed E-state index contributed by atoms with van der Waals surface area (Å²) in [5, 5.41) is 13.3. The molecule has 0 unspecified atom stereocenters. The molecule has 28 heavy (non-hydrogen) atoms. The van der Waals surface area contributed by atoms with Crippen molar-refractivity contribution in [3.8, 4) is 0 Å². The Hall–Kier alpha value is -2.18. The van der Waals surface area contributed by atoms with Gasteiger partial charge in [-0.3, -0.25) is 0 Å². The average molecular weight is 382 g/mol. The highest BCUT2D eigenvalue weighted by Gasteiger charge is 2.28. The van der Waals surface area contributed by atoms with Crippen LogP contribution < -0.4 is 10.2 Å². The van der Waals surface area contributed by atoms with Gasteiger partial charge in [-0.2, -0.15) is 0 Å². The third kappa shape index (κ3) is 4.45. The summed E-state index contributed by atoms with van der Waals surface area (Å²) in [4.78, 5) is 14.2. The molecule has 2 heterocycles. The summed E-state index contributed by atoms with van der Waals surface area (Å²) in [7, 11) is 4.16. The summed E-state index contributed by atoms with van der Waals surface area (Å²) >= 11 is 0. The first-order chi connectivity index (χ1) is 13.5. The maximum absolute atomic E-state index is 9.84. The van der Waals surface area contributed by atoms with Gasteiger partial charge < -0.3 is 20.2 Å². The molecular weight excluding hydrogens is 350 g/mol. The fraction of sp³-hybridized carbons (Fsp3) is 0.545. The Bertz CT molecular complexity index is 832. The molecule has 6 heteroatoms. The lowest BCUT2D eigenvalue weighted by Gasteiger charge is -2.31. The predicted molar refractivity (Wildman–Crippen MR) is 113 cm³/mol. The van der Waals surface area contributed by atoms with Crippen LogP contribution in [0.1, 0.15) is 54.3 Å². The number of likely N-dealkylation sites (N-methyl/N-ethyl adjacent to an activating group) is 1. The zero-order valence-electron chi connectivity index (χ0n) is 17.1. The molecule has 1 saturated carbocycles. The van der Waals surface area contributed by atoms with E-state index in [4.69, 9.17) is 9.97 Å². The van der Waals surface area contributed by atoms with Crippen LogP contribution in [0, 0.1) is 0 Å². The molecule has 2 N–H and O–H groups in total. The molecule has 6 nitrogen and oxygen atoms in total. The number of rotatable bonds is 7. The maximum atomic E-state index is 9.84. The van der Waals surface area contributed by atoms with Gasteiger partial charge in [0.15, 0.2) is 0 Å². The number of anilines is 2. The maximum Gasteiger partial charge on any atom is 0.136 e. The largest absolute Gasteiger partial charge is 0.389 e. The van der Waals surface area contributed by atoms with Gasteiger partial charge in [-0.25, -0.2) is 9.97 Å². The number of hydrogen-bond acceptors (Lipinski definition) is 6. The minimum Gasteiger partial charge on any atom is -0.389 e. The normalized spacial score (nSPS) is 17.5. The predicted octanol–water partition coefficient (Wildman–Crippen LogP) is 2.94. The highest BCUT2D eigenvalue weighted by molar-refractivity contribution is 5.52. The number of fused-ring (bicyclic) bond motifs is 1. The van der Waals surface area contributed by atoms with Crippen molar-refractivity contribution in [1.29, 1.82) is 0 Å². The Balaban J connectivity index is 1.54. The Kier molecular flexibility index (Phi) is 5.51. The van der Waals surface area contributed by atoms with Gasteiger partial charge in [0.2, 0.25) is 0 Å². The van der Waals surface area contributed by atoms with E-state index in [1.165, 1.54) is 24.0 Å². The molecule has 2 aromatic rings. The minimum atomic E-state index is -0.415. The zero-order valence-corrected chi connectivity index (χ0v) is 17.1. The number of aromatic nitrogens is 2. The van der Waals surface area contributed by atoms with E-state index in [9.17, 15) is 5.11 Å². The van der Waals surface area contributed by atoms with Crippen molar-refractivity contribution in [2.45, 2.75) is 44.8 Å². The van der Waals surface area contributed by atoms with Crippen molar-refractivity contribution in [2.75, 3.05) is 43.9 Å². The molecule has 1 fully saturated rings. The molecule has 4 rings (SSSR count). The van der Waals surface area contributed by atoms with E-state index in [2.05, 4.69) is 47.4 Å². The average Bonchev–Trinajstić information content (AvgIpc) is 3.52. The third-order valence-corrected chi connectivity index (χ3v) is 5.59. The van der Waals surface area contributed by atoms with Gasteiger partial charge in [-0.15, -0.1) is 0 Å². The van der Waals surface area contributed by atoms with E-state index in [1.807, 2.05) is 13.0 Å². The number of aliphatic hydroxyl groups is 1. The summed E-state index contributed by atoms with van der Waals surface area (Å²) in [6, 6.07) is 8.44. The number of aliphatic hydroxyl groups excluding tert-OH is 1. The first-order valence-electron chi connectivity index (χ1n) is 10.3. The standard InChI is InChI=1S/C22H31N5O/c1-15(28)17-6-7-19-14-27(10-8-18(19)12-17)21-13-20(23-9-11-26(2)3)24-22(25-21)16-4-5-16/h6-7,12-13,15-16,28H,4-5,8-11,14H2,1-3H3,(H,23,24,25)/t15-/m1/s1. The fourth-order valence-electron chi connectivity index (χ4n) is 3.67. The lowest BCUT2D eigenvalue weighted by Crippen LogP contribution is -2.31. The highest BCUT2D eigenvalue weighted by atomic mass is 16.3. The second-order valence-corrected chi connectivity index (χ2v) is 8.35. The van der Waals surface area contributed by atoms with Crippen LogP contribution in [0.3, 0.4) is 0 Å². The molecule has 1 aliphatic carbocycles. The van der Waals surface area contributed by atoms with E-state index in [-0.39, 0.29) is 0 Å². The van der Waals surface area contributed by atoms with Gasteiger partial charge in [-0.1, -0.05) is 18.2 Å². The van der Waals surface area contributed by atoms with Crippen LogP contribution in [0.15, 0.2) is 24.3 Å². The van der Waals surface area contributed by atoms with Crippen LogP contribution >= 0.6 is 0 Å². The second kappa shape index (κ2) is 8.05. The minimum absolute atomic E-state index is 0.415. The number of nitrogens with zero attached hydrogens (tertiary/aromatic N) is 4. The van der Waals surface area contributed by atoms with Crippen molar-refractivity contribution in [2.24, 2.45) is 0 Å². The SMILES string of the molecule is C[C@@H](O)c1ccc2c(c1)CCN(c1cc(NCCN(C)C)nc(C3CC3)n1)C2. The Labute approximate surface area is 167 Å². The molecule has 0 saturated heterocycles. The molecule has 0 amide bonds. The van der Waals surface area contributed by atoms with Gasteiger partial charge in [0.25, 0.3) is 0 Å². The summed E-state index contributed by atoms with van der Waals surface area (Å²) in [5.41, 5.74) is 3.66. The monoisotopic (exact) mass is 381 g/mol. The topological polar surface area (TPSA) is 64.5 Å². The van der Waals surface area contributed by atoms with E-state index < -0.39 is 6.10 Å². The summed E-state index contributed by atoms with van der Waals surface area (Å²) in [6.07, 6.45) is 2.96. The van der Waals surface area contributed by atoms with E-state index in [0.29, 0.717) is 5.92 Å². The van der Waals surface area contributed by atoms with Gasteiger partial charge >= 0.3 is 0 Å². The highest BCUT2D eigenvalue weighted by Crippen LogP contribution is 2.39. The molecule has 0 bridgehead atoms. The number of hydrogen-bond donors (Lipinski definition) is 2. The lowest BCUT2D eigenvalue weighted by molar-refractivity contribution is 0.199. The number of benzene rings is 1. The van der Waals surface area contributed by atoms with Crippen molar-refractivity contribution >= 4 is 11.6 Å². The van der Waals surface area contributed by atoms with E-state index in [0.717, 1.165) is 55.6 Å². The molecule has 150 valence electrons. The third-order valence-electron chi connectivity index (χ3n) is 5.59. The first-order valence-corrected chi connectivity index (χ1v) is 10.3. The number of nitrogens with one attached hydrogen (secondary N) is 1. The summed E-state index contributed by atoms with van der Waals surface area (Å²) in [6.45, 7) is 5.46. The van der Waals surface area contributed by atoms with Gasteiger partial charge in [0.1, 0.15) is 17.5 Å². The molecule has 1 aromatic carbocycles. The van der Waals surface area contributed by atoms with Gasteiger partial charge in [0, 0.05) is 38.2 Å². The van der Waals surface area contributed by atoms with Crippen LogP contribution in [0.2, 0.25) is 0 Å². The molecule has 0 radical (unpaired) electrons. The molecule has 0 spiro atoms. The Morgan fingerprint density at radius 3 is 2.75 bits per heavy atom. The van der Waals surface area contributed by atoms with Crippen molar-refractivity contribution in [3.63, 3.8) is 0 Å². The van der Waals surface area contributed by atoms with Crippen LogP contribution in [-0.2, 0) is 13.0 Å². The van der Waals surface area contributed by atoms with Gasteiger partial charge in [0.05, 0.1) is 6.10 Å². The first kappa shape index (κ1) is 19.2. The second-order valence-electron chi connectivity index (χ2n) is 8.35. The smallest absolute Gasteiger partial charge is 0.136 e. The molecule has 2 aliphatic rings. The van der Waals surface area contributed by atoms with Crippen LogP contribution in [0.5, 0.6) is 0 Å². The lowest BCUT2D eigenvalue weighted by atomic mass is 9.96. The van der Waals surface area contributed by atoms with Crippen molar-refractivity contribution in [1.82, 2.24) is 14.9 Å². The summed E-state index contributed by atoms with van der Waals surface area (Å²) in [5.74, 6) is 3.47. The molecule has 1 atom stereocenters. The van der Waals surface area contributed by atoms with Crippen LogP contribution in [0.4, 0.5) is 11.6 Å². The fourth-order valence-corrected chi connectivity index (χ4v) is 3.67. The molecular formula is C22H31N5O. The van der Waals surface area contributed by atoms with E-state index in [1.54, 1.807) is 0 Å². The Morgan fingerprint density at radius 2 is 2.04 bits per heavy atom. The van der Waals surface area contributed by atoms with Crippen molar-refractivity contribution < 1.29 is 5.11 Å². The van der Waals surface area contributed by atoms with Crippen molar-refractivity contribution in [3.05, 3.63) is 46.8 Å². The van der Waals surface area contributed by atoms with Gasteiger partial charge in [-0.05, 0) is 57.0 Å². The van der Waals surface area contributed by atoms with Crippen LogP contribution in [-0.4, -0.2) is 53.7 Å². The molecule has 1 aromatic heterocycles. The van der Waals surface area contributed by atoms with E-state index >= 15 is 0 Å². The van der Waals surface area contributed by atoms with Crippen LogP contribution in [0.25, 0.3) is 0 Å². The zero-order chi connectivity index (χ0) is 19.7. The Morgan fingerprint density at radius 1 is 1.21 bits per heavy atom. The quantitative estimate of drug-likeness (QED) is 0.769. The summed E-state index contributed by atoms with van der Waals surface area (Å²) < 4.78 is 0.